The second-order valence-electron chi connectivity index (χ2n) is 6.20. The second-order valence-corrected chi connectivity index (χ2v) is 6.20. The van der Waals surface area contributed by atoms with Crippen LogP contribution < -0.4 is 0 Å². The molecule has 1 unspecified atom stereocenters. The Morgan fingerprint density at radius 2 is 1.94 bits per heavy atom. The number of carbonyl (C=O) groups excluding carboxylic acids is 1. The molecule has 1 atom stereocenters. The number of ether oxygens (including phenoxy) is 1. The standard InChI is InChI=1S/C12H20N2O2/c1-11(3-4-16-9-11)10(15)14-7-12(8-14)5-13(2)6-12/h3-9H2,1-2H3. The number of nitrogens with zero attached hydrogens (tertiary/aromatic N) is 2. The summed E-state index contributed by atoms with van der Waals surface area (Å²) in [5, 5.41) is 0. The summed E-state index contributed by atoms with van der Waals surface area (Å²) >= 11 is 0. The van der Waals surface area contributed by atoms with Crippen LogP contribution in [0.3, 0.4) is 0 Å². The highest BCUT2D eigenvalue weighted by molar-refractivity contribution is 5.83. The molecule has 90 valence electrons. The highest BCUT2D eigenvalue weighted by Gasteiger charge is 2.54. The molecule has 16 heavy (non-hydrogen) atoms. The van der Waals surface area contributed by atoms with E-state index in [-0.39, 0.29) is 5.41 Å². The van der Waals surface area contributed by atoms with Crippen LogP contribution in [0.15, 0.2) is 0 Å². The van der Waals surface area contributed by atoms with Gasteiger partial charge in [0.1, 0.15) is 0 Å². The summed E-state index contributed by atoms with van der Waals surface area (Å²) in [6, 6.07) is 0. The number of hydrogen-bond donors (Lipinski definition) is 0. The molecule has 3 heterocycles. The number of hydrogen-bond acceptors (Lipinski definition) is 3. The van der Waals surface area contributed by atoms with Gasteiger partial charge in [-0.05, 0) is 20.4 Å². The second kappa shape index (κ2) is 3.20. The van der Waals surface area contributed by atoms with Gasteiger partial charge in [-0.25, -0.2) is 0 Å². The highest BCUT2D eigenvalue weighted by atomic mass is 16.5. The van der Waals surface area contributed by atoms with Gasteiger partial charge < -0.3 is 14.5 Å². The molecule has 1 spiro atoms. The molecule has 0 N–H and O–H groups in total. The zero-order valence-corrected chi connectivity index (χ0v) is 10.2. The van der Waals surface area contributed by atoms with Crippen molar-refractivity contribution in [3.05, 3.63) is 0 Å². The number of amides is 1. The Kier molecular flexibility index (Phi) is 2.11. The van der Waals surface area contributed by atoms with E-state index < -0.39 is 0 Å². The summed E-state index contributed by atoms with van der Waals surface area (Å²) in [5.41, 5.74) is 0.206. The molecule has 0 aromatic carbocycles. The fourth-order valence-corrected chi connectivity index (χ4v) is 3.42. The topological polar surface area (TPSA) is 32.8 Å². The van der Waals surface area contributed by atoms with Crippen molar-refractivity contribution in [2.75, 3.05) is 46.4 Å². The maximum Gasteiger partial charge on any atom is 0.230 e. The molecule has 0 bridgehead atoms. The molecule has 0 aliphatic carbocycles. The highest BCUT2D eigenvalue weighted by Crippen LogP contribution is 2.41. The quantitative estimate of drug-likeness (QED) is 0.637. The molecule has 1 amide bonds. The van der Waals surface area contributed by atoms with Crippen LogP contribution in [0.2, 0.25) is 0 Å². The Hall–Kier alpha value is -0.610. The van der Waals surface area contributed by atoms with Crippen LogP contribution in [0, 0.1) is 10.8 Å². The molecular formula is C12H20N2O2. The van der Waals surface area contributed by atoms with E-state index in [2.05, 4.69) is 11.9 Å². The summed E-state index contributed by atoms with van der Waals surface area (Å²) in [7, 11) is 2.14. The molecule has 3 aliphatic heterocycles. The first-order valence-electron chi connectivity index (χ1n) is 6.09. The average molecular weight is 224 g/mol. The summed E-state index contributed by atoms with van der Waals surface area (Å²) < 4.78 is 5.35. The van der Waals surface area contributed by atoms with Crippen LogP contribution in [-0.2, 0) is 9.53 Å². The summed E-state index contributed by atoms with van der Waals surface area (Å²) in [6.45, 7) is 7.63. The van der Waals surface area contributed by atoms with Gasteiger partial charge in [0.05, 0.1) is 12.0 Å². The minimum atomic E-state index is -0.239. The molecule has 0 aromatic rings. The third kappa shape index (κ3) is 1.39. The van der Waals surface area contributed by atoms with Gasteiger partial charge in [0.2, 0.25) is 5.91 Å². The van der Waals surface area contributed by atoms with Gasteiger partial charge in [-0.3, -0.25) is 4.79 Å². The van der Waals surface area contributed by atoms with Crippen molar-refractivity contribution < 1.29 is 9.53 Å². The lowest BCUT2D eigenvalue weighted by Gasteiger charge is -2.60. The minimum absolute atomic E-state index is 0.239. The fourth-order valence-electron chi connectivity index (χ4n) is 3.42. The molecule has 0 aromatic heterocycles. The molecule has 3 saturated heterocycles. The van der Waals surface area contributed by atoms with Gasteiger partial charge in [-0.15, -0.1) is 0 Å². The smallest absolute Gasteiger partial charge is 0.230 e. The molecule has 3 aliphatic rings. The van der Waals surface area contributed by atoms with Gasteiger partial charge in [0.15, 0.2) is 0 Å². The molecule has 0 radical (unpaired) electrons. The largest absolute Gasteiger partial charge is 0.380 e. The lowest BCUT2D eigenvalue weighted by Crippen LogP contribution is -2.73. The van der Waals surface area contributed by atoms with E-state index in [4.69, 9.17) is 4.74 Å². The Bertz CT molecular complexity index is 309. The first-order valence-corrected chi connectivity index (χ1v) is 6.09. The Balaban J connectivity index is 1.58. The van der Waals surface area contributed by atoms with Crippen molar-refractivity contribution in [2.45, 2.75) is 13.3 Å². The molecule has 3 fully saturated rings. The molecule has 4 heteroatoms. The van der Waals surface area contributed by atoms with Crippen molar-refractivity contribution in [2.24, 2.45) is 10.8 Å². The molecule has 4 nitrogen and oxygen atoms in total. The fraction of sp³-hybridized carbons (Fsp3) is 0.917. The third-order valence-corrected chi connectivity index (χ3v) is 4.29. The number of rotatable bonds is 1. The lowest BCUT2D eigenvalue weighted by atomic mass is 9.72. The Labute approximate surface area is 96.5 Å². The van der Waals surface area contributed by atoms with Crippen LogP contribution in [0.25, 0.3) is 0 Å². The maximum atomic E-state index is 12.3. The summed E-state index contributed by atoms with van der Waals surface area (Å²) in [5.74, 6) is 0.310. The van der Waals surface area contributed by atoms with Crippen molar-refractivity contribution in [3.8, 4) is 0 Å². The van der Waals surface area contributed by atoms with Crippen LogP contribution >= 0.6 is 0 Å². The number of likely N-dealkylation sites (tertiary alicyclic amines) is 2. The molecular weight excluding hydrogens is 204 g/mol. The van der Waals surface area contributed by atoms with E-state index in [0.717, 1.165) is 39.2 Å². The van der Waals surface area contributed by atoms with E-state index in [1.165, 1.54) is 0 Å². The summed E-state index contributed by atoms with van der Waals surface area (Å²) in [6.07, 6.45) is 0.884. The maximum absolute atomic E-state index is 12.3. The zero-order chi connectivity index (χ0) is 11.4. The average Bonchev–Trinajstić information content (AvgIpc) is 2.56. The van der Waals surface area contributed by atoms with E-state index in [9.17, 15) is 4.79 Å². The zero-order valence-electron chi connectivity index (χ0n) is 10.2. The number of carbonyl (C=O) groups is 1. The van der Waals surface area contributed by atoms with Gasteiger partial charge in [-0.2, -0.15) is 0 Å². The predicted molar refractivity (Wildman–Crippen MR) is 60.1 cm³/mol. The van der Waals surface area contributed by atoms with E-state index in [1.54, 1.807) is 0 Å². The molecule has 3 rings (SSSR count). The van der Waals surface area contributed by atoms with Crippen LogP contribution in [0.1, 0.15) is 13.3 Å². The van der Waals surface area contributed by atoms with Crippen LogP contribution in [0.5, 0.6) is 0 Å². The van der Waals surface area contributed by atoms with Crippen LogP contribution in [-0.4, -0.2) is 62.1 Å². The monoisotopic (exact) mass is 224 g/mol. The van der Waals surface area contributed by atoms with Gasteiger partial charge in [0.25, 0.3) is 0 Å². The minimum Gasteiger partial charge on any atom is -0.380 e. The molecule has 0 saturated carbocycles. The van der Waals surface area contributed by atoms with E-state index in [1.807, 2.05) is 11.8 Å². The SMILES string of the molecule is CN1CC2(C1)CN(C(=O)C1(C)CCOC1)C2. The Morgan fingerprint density at radius 1 is 1.25 bits per heavy atom. The van der Waals surface area contributed by atoms with Crippen molar-refractivity contribution >= 4 is 5.91 Å². The predicted octanol–water partition coefficient (Wildman–Crippen LogP) is 0.187. The van der Waals surface area contributed by atoms with Crippen molar-refractivity contribution in [1.29, 1.82) is 0 Å². The van der Waals surface area contributed by atoms with E-state index in [0.29, 0.717) is 17.9 Å². The van der Waals surface area contributed by atoms with Gasteiger partial charge in [0, 0.05) is 38.2 Å². The first kappa shape index (κ1) is 10.5. The van der Waals surface area contributed by atoms with Crippen molar-refractivity contribution in [1.82, 2.24) is 9.80 Å². The van der Waals surface area contributed by atoms with Crippen LogP contribution in [0.4, 0.5) is 0 Å². The Morgan fingerprint density at radius 3 is 2.44 bits per heavy atom. The summed E-state index contributed by atoms with van der Waals surface area (Å²) in [4.78, 5) is 16.6. The lowest BCUT2D eigenvalue weighted by molar-refractivity contribution is -0.166. The normalized spacial score (nSPS) is 37.2. The van der Waals surface area contributed by atoms with Gasteiger partial charge >= 0.3 is 0 Å². The van der Waals surface area contributed by atoms with Crippen molar-refractivity contribution in [3.63, 3.8) is 0 Å². The van der Waals surface area contributed by atoms with E-state index >= 15 is 0 Å². The van der Waals surface area contributed by atoms with Gasteiger partial charge in [-0.1, -0.05) is 0 Å². The third-order valence-electron chi connectivity index (χ3n) is 4.29. The first-order chi connectivity index (χ1) is 7.53.